The predicted molar refractivity (Wildman–Crippen MR) is 90.6 cm³/mol. The summed E-state index contributed by atoms with van der Waals surface area (Å²) in [5.41, 5.74) is 6.49. The summed E-state index contributed by atoms with van der Waals surface area (Å²) in [7, 11) is 4.59. The van der Waals surface area contributed by atoms with E-state index in [0.717, 1.165) is 12.6 Å². The van der Waals surface area contributed by atoms with Gasteiger partial charge in [-0.25, -0.2) is 0 Å². The molecule has 2 unspecified atom stereocenters. The molecule has 21 heavy (non-hydrogen) atoms. The summed E-state index contributed by atoms with van der Waals surface area (Å²) in [5, 5.41) is 0. The number of likely N-dealkylation sites (tertiary alicyclic amines) is 2. The molecule has 0 aromatic rings. The summed E-state index contributed by atoms with van der Waals surface area (Å²) in [5.74, 6) is 0. The highest BCUT2D eigenvalue weighted by Crippen LogP contribution is 2.29. The van der Waals surface area contributed by atoms with E-state index in [-0.39, 0.29) is 5.54 Å². The van der Waals surface area contributed by atoms with Gasteiger partial charge in [-0.1, -0.05) is 6.92 Å². The van der Waals surface area contributed by atoms with Crippen LogP contribution in [0.5, 0.6) is 0 Å². The molecule has 124 valence electrons. The molecule has 0 amide bonds. The van der Waals surface area contributed by atoms with Crippen molar-refractivity contribution in [2.45, 2.75) is 57.0 Å². The third kappa shape index (κ3) is 4.19. The Balaban J connectivity index is 1.95. The number of hydrogen-bond donors (Lipinski definition) is 1. The SMILES string of the molecule is CCCN1CCCC(CN)(N(C)CC2CCCN2C)CC1. The Morgan fingerprint density at radius 2 is 2.00 bits per heavy atom. The monoisotopic (exact) mass is 296 g/mol. The van der Waals surface area contributed by atoms with Crippen molar-refractivity contribution in [1.82, 2.24) is 14.7 Å². The number of hydrogen-bond acceptors (Lipinski definition) is 4. The van der Waals surface area contributed by atoms with Gasteiger partial charge in [-0.15, -0.1) is 0 Å². The standard InChI is InChI=1S/C17H36N4/c1-4-10-21-12-6-8-17(15-18,9-13-21)20(3)14-16-7-5-11-19(16)2/h16H,4-15,18H2,1-3H3. The Hall–Kier alpha value is -0.160. The van der Waals surface area contributed by atoms with Crippen molar-refractivity contribution in [1.29, 1.82) is 0 Å². The second-order valence-corrected chi connectivity index (χ2v) is 7.28. The van der Waals surface area contributed by atoms with Crippen molar-refractivity contribution in [2.24, 2.45) is 5.73 Å². The van der Waals surface area contributed by atoms with Crippen LogP contribution in [0.2, 0.25) is 0 Å². The zero-order chi connectivity index (χ0) is 15.3. The zero-order valence-corrected chi connectivity index (χ0v) is 14.5. The second-order valence-electron chi connectivity index (χ2n) is 7.28. The molecule has 2 heterocycles. The van der Waals surface area contributed by atoms with Gasteiger partial charge in [0, 0.05) is 24.7 Å². The average molecular weight is 297 g/mol. The minimum Gasteiger partial charge on any atom is -0.329 e. The van der Waals surface area contributed by atoms with Crippen LogP contribution in [0.3, 0.4) is 0 Å². The van der Waals surface area contributed by atoms with E-state index >= 15 is 0 Å². The molecule has 2 fully saturated rings. The molecule has 2 saturated heterocycles. The van der Waals surface area contributed by atoms with Gasteiger partial charge in [0.2, 0.25) is 0 Å². The maximum atomic E-state index is 6.26. The van der Waals surface area contributed by atoms with Crippen LogP contribution in [0.1, 0.15) is 45.4 Å². The van der Waals surface area contributed by atoms with Crippen molar-refractivity contribution >= 4 is 0 Å². The van der Waals surface area contributed by atoms with Crippen LogP contribution in [0.15, 0.2) is 0 Å². The molecule has 4 heteroatoms. The lowest BCUT2D eigenvalue weighted by molar-refractivity contribution is 0.0811. The predicted octanol–water partition coefficient (Wildman–Crippen LogP) is 1.61. The topological polar surface area (TPSA) is 35.7 Å². The number of rotatable bonds is 6. The minimum atomic E-state index is 0.228. The summed E-state index contributed by atoms with van der Waals surface area (Å²) in [6, 6.07) is 0.730. The number of nitrogens with zero attached hydrogens (tertiary/aromatic N) is 3. The highest BCUT2D eigenvalue weighted by atomic mass is 15.3. The van der Waals surface area contributed by atoms with Crippen LogP contribution in [0.4, 0.5) is 0 Å². The molecule has 2 rings (SSSR count). The molecule has 4 nitrogen and oxygen atoms in total. The van der Waals surface area contributed by atoms with E-state index in [2.05, 4.69) is 35.7 Å². The van der Waals surface area contributed by atoms with Crippen LogP contribution in [0, 0.1) is 0 Å². The molecule has 0 radical (unpaired) electrons. The smallest absolute Gasteiger partial charge is 0.0342 e. The molecule has 2 N–H and O–H groups in total. The summed E-state index contributed by atoms with van der Waals surface area (Å²) >= 11 is 0. The van der Waals surface area contributed by atoms with E-state index in [4.69, 9.17) is 5.73 Å². The lowest BCUT2D eigenvalue weighted by atomic mass is 9.88. The third-order valence-corrected chi connectivity index (χ3v) is 5.90. The third-order valence-electron chi connectivity index (χ3n) is 5.90. The largest absolute Gasteiger partial charge is 0.329 e. The molecule has 0 aliphatic carbocycles. The molecule has 2 aliphatic rings. The van der Waals surface area contributed by atoms with Gasteiger partial charge in [0.15, 0.2) is 0 Å². The fourth-order valence-corrected chi connectivity index (χ4v) is 4.24. The fourth-order valence-electron chi connectivity index (χ4n) is 4.24. The van der Waals surface area contributed by atoms with Crippen LogP contribution >= 0.6 is 0 Å². The highest BCUT2D eigenvalue weighted by Gasteiger charge is 2.37. The van der Waals surface area contributed by atoms with E-state index in [1.807, 2.05) is 0 Å². The van der Waals surface area contributed by atoms with Gasteiger partial charge in [0.05, 0.1) is 0 Å². The first kappa shape index (κ1) is 17.2. The lowest BCUT2D eigenvalue weighted by Gasteiger charge is -2.43. The van der Waals surface area contributed by atoms with E-state index < -0.39 is 0 Å². The highest BCUT2D eigenvalue weighted by molar-refractivity contribution is 4.95. The van der Waals surface area contributed by atoms with Crippen LogP contribution in [-0.2, 0) is 0 Å². The average Bonchev–Trinajstić information content (AvgIpc) is 2.76. The van der Waals surface area contributed by atoms with Gasteiger partial charge in [0.1, 0.15) is 0 Å². The molecule has 0 saturated carbocycles. The van der Waals surface area contributed by atoms with Crippen LogP contribution < -0.4 is 5.73 Å². The van der Waals surface area contributed by atoms with Gasteiger partial charge in [0.25, 0.3) is 0 Å². The number of likely N-dealkylation sites (N-methyl/N-ethyl adjacent to an activating group) is 2. The Labute approximate surface area is 131 Å². The van der Waals surface area contributed by atoms with Crippen LogP contribution in [0.25, 0.3) is 0 Å². The van der Waals surface area contributed by atoms with Gasteiger partial charge in [-0.05, 0) is 78.8 Å². The second kappa shape index (κ2) is 7.91. The summed E-state index contributed by atoms with van der Waals surface area (Å²) < 4.78 is 0. The minimum absolute atomic E-state index is 0.228. The first-order valence-electron chi connectivity index (χ1n) is 8.95. The summed E-state index contributed by atoms with van der Waals surface area (Å²) in [4.78, 5) is 7.77. The Bertz CT molecular complexity index is 309. The first-order valence-corrected chi connectivity index (χ1v) is 8.95. The lowest BCUT2D eigenvalue weighted by Crippen LogP contribution is -2.55. The molecule has 0 aromatic carbocycles. The maximum absolute atomic E-state index is 6.26. The van der Waals surface area contributed by atoms with Gasteiger partial charge in [-0.2, -0.15) is 0 Å². The van der Waals surface area contributed by atoms with E-state index in [9.17, 15) is 0 Å². The molecule has 2 atom stereocenters. The van der Waals surface area contributed by atoms with Crippen molar-refractivity contribution in [3.63, 3.8) is 0 Å². The molecule has 0 spiro atoms. The van der Waals surface area contributed by atoms with Crippen molar-refractivity contribution in [3.8, 4) is 0 Å². The molecule has 0 bridgehead atoms. The van der Waals surface area contributed by atoms with Crippen LogP contribution in [-0.4, -0.2) is 79.6 Å². The summed E-state index contributed by atoms with van der Waals surface area (Å²) in [6.45, 7) is 9.25. The van der Waals surface area contributed by atoms with Crippen molar-refractivity contribution < 1.29 is 0 Å². The van der Waals surface area contributed by atoms with Crippen molar-refractivity contribution in [2.75, 3.05) is 53.4 Å². The normalized spacial score (nSPS) is 32.7. The fraction of sp³-hybridized carbons (Fsp3) is 1.00. The Morgan fingerprint density at radius 1 is 1.19 bits per heavy atom. The Kier molecular flexibility index (Phi) is 6.48. The molecular formula is C17H36N4. The summed E-state index contributed by atoms with van der Waals surface area (Å²) in [6.07, 6.45) is 7.76. The maximum Gasteiger partial charge on any atom is 0.0342 e. The molecular weight excluding hydrogens is 260 g/mol. The molecule has 0 aromatic heterocycles. The first-order chi connectivity index (χ1) is 10.1. The van der Waals surface area contributed by atoms with Gasteiger partial charge >= 0.3 is 0 Å². The zero-order valence-electron chi connectivity index (χ0n) is 14.5. The van der Waals surface area contributed by atoms with Gasteiger partial charge in [-0.3, -0.25) is 4.90 Å². The quantitative estimate of drug-likeness (QED) is 0.808. The Morgan fingerprint density at radius 3 is 2.62 bits per heavy atom. The number of nitrogens with two attached hydrogens (primary N) is 1. The van der Waals surface area contributed by atoms with E-state index in [1.165, 1.54) is 71.2 Å². The van der Waals surface area contributed by atoms with Gasteiger partial charge < -0.3 is 15.5 Å². The van der Waals surface area contributed by atoms with E-state index in [1.54, 1.807) is 0 Å². The van der Waals surface area contributed by atoms with E-state index in [0.29, 0.717) is 0 Å². The molecule has 2 aliphatic heterocycles. The van der Waals surface area contributed by atoms with Crippen molar-refractivity contribution in [3.05, 3.63) is 0 Å².